The van der Waals surface area contributed by atoms with Crippen LogP contribution < -0.4 is 10.6 Å². The van der Waals surface area contributed by atoms with E-state index in [2.05, 4.69) is 36.6 Å². The summed E-state index contributed by atoms with van der Waals surface area (Å²) in [4.78, 5) is 47.5. The quantitative estimate of drug-likeness (QED) is 0.0276. The molecule has 2 amide bonds. The van der Waals surface area contributed by atoms with Crippen LogP contribution in [0.3, 0.4) is 0 Å². The van der Waals surface area contributed by atoms with Crippen molar-refractivity contribution in [2.75, 3.05) is 13.2 Å². The van der Waals surface area contributed by atoms with E-state index in [9.17, 15) is 19.2 Å². The van der Waals surface area contributed by atoms with Gasteiger partial charge < -0.3 is 25.6 Å². The molecule has 0 aliphatic rings. The van der Waals surface area contributed by atoms with E-state index in [1.165, 1.54) is 135 Å². The Hall–Kier alpha value is -2.42. The van der Waals surface area contributed by atoms with Crippen LogP contribution in [0, 0.1) is 0 Å². The van der Waals surface area contributed by atoms with Crippen LogP contribution in [0.1, 0.15) is 226 Å². The topological polar surface area (TPSA) is 142 Å². The molecule has 0 fully saturated rings. The molecule has 0 heterocycles. The molecule has 9 nitrogen and oxygen atoms in total. The molecule has 2 unspecified atom stereocenters. The van der Waals surface area contributed by atoms with Crippen LogP contribution in [0.2, 0.25) is 0 Å². The largest absolute Gasteiger partial charge is 0.480 e. The molecule has 0 aromatic rings. The molecule has 0 rings (SSSR count). The monoisotopic (exact) mass is 765 g/mol. The van der Waals surface area contributed by atoms with Gasteiger partial charge >= 0.3 is 11.9 Å². The fourth-order valence-electron chi connectivity index (χ4n) is 6.77. The molecule has 54 heavy (non-hydrogen) atoms. The molecular formula is C45H84N2O7. The number of amides is 2. The predicted molar refractivity (Wildman–Crippen MR) is 222 cm³/mol. The minimum atomic E-state index is -1.38. The summed E-state index contributed by atoms with van der Waals surface area (Å²) in [5, 5.41) is 22.5. The Balaban J connectivity index is 4.15. The average Bonchev–Trinajstić information content (AvgIpc) is 3.15. The standard InChI is InChI=1S/C45H84N2O7/c1-3-5-7-9-11-13-14-15-16-17-18-19-20-21-22-24-29-33-37-44(51)54-40(34-30-26-23-12-10-8-6-4-2)35-31-27-25-28-32-36-42(49)46-38-43(50)47-41(39-48)45(52)53/h16-17,40-41,48H,3-15,18-39H2,1-2H3,(H,46,49)(H,47,50)(H,52,53)/b17-16-. The molecule has 0 aliphatic heterocycles. The van der Waals surface area contributed by atoms with Crippen LogP contribution in [-0.4, -0.2) is 59.3 Å². The van der Waals surface area contributed by atoms with Crippen molar-refractivity contribution in [2.24, 2.45) is 0 Å². The van der Waals surface area contributed by atoms with E-state index >= 15 is 0 Å². The van der Waals surface area contributed by atoms with Gasteiger partial charge in [0.2, 0.25) is 11.8 Å². The van der Waals surface area contributed by atoms with Crippen molar-refractivity contribution in [3.8, 4) is 0 Å². The molecule has 0 spiro atoms. The fourth-order valence-corrected chi connectivity index (χ4v) is 6.77. The van der Waals surface area contributed by atoms with E-state index in [1.54, 1.807) is 0 Å². The van der Waals surface area contributed by atoms with E-state index in [1.807, 2.05) is 0 Å². The third kappa shape index (κ3) is 36.6. The number of hydrogen-bond donors (Lipinski definition) is 4. The lowest BCUT2D eigenvalue weighted by atomic mass is 10.0. The second kappa shape index (κ2) is 40.2. The maximum atomic E-state index is 12.8. The molecule has 0 aromatic heterocycles. The zero-order valence-electron chi connectivity index (χ0n) is 35.0. The van der Waals surface area contributed by atoms with Crippen molar-refractivity contribution in [2.45, 2.75) is 238 Å². The molecule has 0 saturated heterocycles. The SMILES string of the molecule is CCCCCCCCC/C=C\CCCCCCCCCC(=O)OC(CCCCCCCCCC)CCCCCCCC(=O)NCC(=O)NC(CO)C(=O)O. The van der Waals surface area contributed by atoms with Gasteiger partial charge in [0.25, 0.3) is 0 Å². The first-order valence-electron chi connectivity index (χ1n) is 22.6. The van der Waals surface area contributed by atoms with Crippen LogP contribution in [0.4, 0.5) is 0 Å². The summed E-state index contributed by atoms with van der Waals surface area (Å²) in [5.74, 6) is -2.28. The zero-order valence-corrected chi connectivity index (χ0v) is 35.0. The highest BCUT2D eigenvalue weighted by atomic mass is 16.5. The van der Waals surface area contributed by atoms with E-state index in [0.717, 1.165) is 57.8 Å². The molecule has 4 N–H and O–H groups in total. The molecule has 0 aliphatic carbocycles. The van der Waals surface area contributed by atoms with Crippen molar-refractivity contribution in [1.82, 2.24) is 10.6 Å². The highest BCUT2D eigenvalue weighted by Gasteiger charge is 2.19. The number of esters is 1. The molecule has 0 radical (unpaired) electrons. The van der Waals surface area contributed by atoms with Crippen molar-refractivity contribution in [1.29, 1.82) is 0 Å². The molecule has 0 aromatic carbocycles. The van der Waals surface area contributed by atoms with Gasteiger partial charge in [-0.3, -0.25) is 14.4 Å². The number of aliphatic carboxylic acids is 1. The number of carboxylic acid groups (broad SMARTS) is 1. The number of carbonyl (C=O) groups is 4. The van der Waals surface area contributed by atoms with Crippen LogP contribution in [-0.2, 0) is 23.9 Å². The maximum Gasteiger partial charge on any atom is 0.328 e. The van der Waals surface area contributed by atoms with Gasteiger partial charge in [-0.15, -0.1) is 0 Å². The number of aliphatic hydroxyl groups excluding tert-OH is 1. The lowest BCUT2D eigenvalue weighted by Crippen LogP contribution is -2.47. The smallest absolute Gasteiger partial charge is 0.328 e. The number of allylic oxidation sites excluding steroid dienone is 2. The average molecular weight is 765 g/mol. The van der Waals surface area contributed by atoms with Crippen molar-refractivity contribution < 1.29 is 34.1 Å². The number of carboxylic acids is 1. The minimum absolute atomic E-state index is 0.00864. The Kier molecular flexibility index (Phi) is 38.4. The Morgan fingerprint density at radius 1 is 0.537 bits per heavy atom. The Bertz CT molecular complexity index is 926. The number of aliphatic hydroxyl groups is 1. The lowest BCUT2D eigenvalue weighted by Gasteiger charge is -2.18. The number of hydrogen-bond acceptors (Lipinski definition) is 6. The van der Waals surface area contributed by atoms with Crippen molar-refractivity contribution >= 4 is 23.8 Å². The third-order valence-electron chi connectivity index (χ3n) is 10.3. The van der Waals surface area contributed by atoms with Gasteiger partial charge in [-0.1, -0.05) is 161 Å². The summed E-state index contributed by atoms with van der Waals surface area (Å²) in [6, 6.07) is -1.38. The first-order chi connectivity index (χ1) is 26.3. The molecular weight excluding hydrogens is 681 g/mol. The molecule has 9 heteroatoms. The molecule has 0 saturated carbocycles. The van der Waals surface area contributed by atoms with Gasteiger partial charge in [0.1, 0.15) is 12.1 Å². The van der Waals surface area contributed by atoms with Crippen LogP contribution in [0.5, 0.6) is 0 Å². The summed E-state index contributed by atoms with van der Waals surface area (Å²) < 4.78 is 6.02. The first-order valence-corrected chi connectivity index (χ1v) is 22.6. The fraction of sp³-hybridized carbons (Fsp3) is 0.867. The summed E-state index contributed by atoms with van der Waals surface area (Å²) >= 11 is 0. The van der Waals surface area contributed by atoms with E-state index < -0.39 is 24.5 Å². The van der Waals surface area contributed by atoms with Crippen LogP contribution >= 0.6 is 0 Å². The highest BCUT2D eigenvalue weighted by Crippen LogP contribution is 2.19. The summed E-state index contributed by atoms with van der Waals surface area (Å²) in [7, 11) is 0. The Labute approximate surface area is 331 Å². The van der Waals surface area contributed by atoms with Gasteiger partial charge in [-0.05, 0) is 64.2 Å². The van der Waals surface area contributed by atoms with Gasteiger partial charge in [0.15, 0.2) is 0 Å². The normalized spacial score (nSPS) is 12.5. The van der Waals surface area contributed by atoms with Crippen molar-refractivity contribution in [3.05, 3.63) is 12.2 Å². The minimum Gasteiger partial charge on any atom is -0.480 e. The zero-order chi connectivity index (χ0) is 39.7. The third-order valence-corrected chi connectivity index (χ3v) is 10.3. The summed E-state index contributed by atoms with van der Waals surface area (Å²) in [6.07, 6.45) is 42.4. The van der Waals surface area contributed by atoms with Crippen molar-refractivity contribution in [3.63, 3.8) is 0 Å². The Morgan fingerprint density at radius 3 is 1.39 bits per heavy atom. The van der Waals surface area contributed by atoms with E-state index in [4.69, 9.17) is 14.9 Å². The molecule has 316 valence electrons. The second-order valence-corrected chi connectivity index (χ2v) is 15.5. The van der Waals surface area contributed by atoms with Gasteiger partial charge in [-0.25, -0.2) is 4.79 Å². The van der Waals surface area contributed by atoms with Gasteiger partial charge in [-0.2, -0.15) is 0 Å². The van der Waals surface area contributed by atoms with Gasteiger partial charge in [0, 0.05) is 12.8 Å². The van der Waals surface area contributed by atoms with E-state index in [0.29, 0.717) is 19.3 Å². The lowest BCUT2D eigenvalue weighted by molar-refractivity contribution is -0.150. The number of rotatable bonds is 41. The van der Waals surface area contributed by atoms with Gasteiger partial charge in [0.05, 0.1) is 13.2 Å². The number of nitrogens with one attached hydrogen (secondary N) is 2. The number of unbranched alkanes of at least 4 members (excludes halogenated alkanes) is 25. The molecule has 0 bridgehead atoms. The number of carbonyl (C=O) groups excluding carboxylic acids is 3. The maximum absolute atomic E-state index is 12.8. The highest BCUT2D eigenvalue weighted by molar-refractivity contribution is 5.87. The Morgan fingerprint density at radius 2 is 0.944 bits per heavy atom. The number of ether oxygens (including phenoxy) is 1. The van der Waals surface area contributed by atoms with E-state index in [-0.39, 0.29) is 24.5 Å². The second-order valence-electron chi connectivity index (χ2n) is 15.5. The summed E-state index contributed by atoms with van der Waals surface area (Å²) in [5.41, 5.74) is 0. The summed E-state index contributed by atoms with van der Waals surface area (Å²) in [6.45, 7) is 3.48. The predicted octanol–water partition coefficient (Wildman–Crippen LogP) is 11.0. The molecule has 2 atom stereocenters. The van der Waals surface area contributed by atoms with Crippen LogP contribution in [0.25, 0.3) is 0 Å². The van der Waals surface area contributed by atoms with Crippen LogP contribution in [0.15, 0.2) is 12.2 Å². The first kappa shape index (κ1) is 51.6.